The van der Waals surface area contributed by atoms with Gasteiger partial charge in [-0.25, -0.2) is 8.42 Å². The monoisotopic (exact) mass is 393 g/mol. The van der Waals surface area contributed by atoms with Crippen LogP contribution in [0.3, 0.4) is 0 Å². The molecular weight excluding hydrogens is 378 g/mol. The summed E-state index contributed by atoms with van der Waals surface area (Å²) in [6.45, 7) is 2.18. The minimum absolute atomic E-state index is 0.0827. The molecule has 0 aromatic heterocycles. The molecule has 7 heteroatoms. The molecule has 116 valence electrons. The molecule has 1 aliphatic rings. The Morgan fingerprint density at radius 2 is 2.05 bits per heavy atom. The van der Waals surface area contributed by atoms with E-state index in [-0.39, 0.29) is 16.8 Å². The fraction of sp³-hybridized carbons (Fsp3) is 0.500. The quantitative estimate of drug-likeness (QED) is 0.795. The third-order valence-electron chi connectivity index (χ3n) is 3.69. The third kappa shape index (κ3) is 4.69. The van der Waals surface area contributed by atoms with Crippen LogP contribution in [0.15, 0.2) is 27.6 Å². The Morgan fingerprint density at radius 3 is 2.67 bits per heavy atom. The largest absolute Gasteiger partial charge is 0.349 e. The zero-order valence-electron chi connectivity index (χ0n) is 11.6. The van der Waals surface area contributed by atoms with E-state index in [1.807, 2.05) is 0 Å². The van der Waals surface area contributed by atoms with Crippen molar-refractivity contribution in [2.45, 2.75) is 43.5 Å². The van der Waals surface area contributed by atoms with Crippen LogP contribution in [0.4, 0.5) is 0 Å². The van der Waals surface area contributed by atoms with E-state index in [4.69, 9.17) is 10.7 Å². The van der Waals surface area contributed by atoms with Crippen LogP contribution in [-0.2, 0) is 9.05 Å². The second-order valence-electron chi connectivity index (χ2n) is 5.56. The normalized spacial score (nSPS) is 22.8. The molecule has 1 aromatic rings. The van der Waals surface area contributed by atoms with E-state index in [1.165, 1.54) is 18.6 Å². The molecule has 0 heterocycles. The van der Waals surface area contributed by atoms with E-state index in [9.17, 15) is 13.2 Å². The van der Waals surface area contributed by atoms with Gasteiger partial charge in [-0.05, 0) is 37.0 Å². The molecule has 21 heavy (non-hydrogen) atoms. The maximum atomic E-state index is 12.3. The molecule has 0 aliphatic heterocycles. The van der Waals surface area contributed by atoms with Gasteiger partial charge < -0.3 is 5.32 Å². The fourth-order valence-electron chi connectivity index (χ4n) is 2.67. The number of amides is 1. The van der Waals surface area contributed by atoms with Gasteiger partial charge in [0.15, 0.2) is 0 Å². The van der Waals surface area contributed by atoms with Crippen molar-refractivity contribution in [2.75, 3.05) is 0 Å². The molecule has 2 unspecified atom stereocenters. The molecule has 2 rings (SSSR count). The summed E-state index contributed by atoms with van der Waals surface area (Å²) in [7, 11) is 1.48. The number of carbonyl (C=O) groups excluding carboxylic acids is 1. The van der Waals surface area contributed by atoms with Gasteiger partial charge >= 0.3 is 0 Å². The van der Waals surface area contributed by atoms with Gasteiger partial charge in [0, 0.05) is 26.8 Å². The fourth-order valence-corrected chi connectivity index (χ4v) is 4.12. The highest BCUT2D eigenvalue weighted by Gasteiger charge is 2.22. The Morgan fingerprint density at radius 1 is 1.33 bits per heavy atom. The molecule has 1 N–H and O–H groups in total. The van der Waals surface area contributed by atoms with E-state index in [0.29, 0.717) is 16.0 Å². The van der Waals surface area contributed by atoms with Crippen LogP contribution in [0.1, 0.15) is 43.0 Å². The summed E-state index contributed by atoms with van der Waals surface area (Å²) >= 11 is 3.21. The summed E-state index contributed by atoms with van der Waals surface area (Å²) in [6, 6.07) is 4.42. The van der Waals surface area contributed by atoms with Crippen LogP contribution >= 0.6 is 26.6 Å². The summed E-state index contributed by atoms with van der Waals surface area (Å²) in [5.41, 5.74) is 0.293. The smallest absolute Gasteiger partial charge is 0.261 e. The molecule has 1 aliphatic carbocycles. The van der Waals surface area contributed by atoms with Crippen LogP contribution in [0.2, 0.25) is 0 Å². The van der Waals surface area contributed by atoms with E-state index >= 15 is 0 Å². The van der Waals surface area contributed by atoms with Gasteiger partial charge in [0.2, 0.25) is 0 Å². The number of hydrogen-bond donors (Lipinski definition) is 1. The van der Waals surface area contributed by atoms with Crippen LogP contribution in [0, 0.1) is 5.92 Å². The molecule has 0 spiro atoms. The van der Waals surface area contributed by atoms with Crippen molar-refractivity contribution in [3.63, 3.8) is 0 Å². The number of hydrogen-bond acceptors (Lipinski definition) is 3. The highest BCUT2D eigenvalue weighted by Crippen LogP contribution is 2.25. The van der Waals surface area contributed by atoms with Gasteiger partial charge in [-0.2, -0.15) is 0 Å². The van der Waals surface area contributed by atoms with E-state index in [0.717, 1.165) is 19.3 Å². The van der Waals surface area contributed by atoms with Gasteiger partial charge in [0.05, 0.1) is 4.90 Å². The molecule has 1 aromatic carbocycles. The zero-order valence-corrected chi connectivity index (χ0v) is 14.8. The van der Waals surface area contributed by atoms with E-state index in [2.05, 4.69) is 28.2 Å². The number of nitrogens with one attached hydrogen (secondary N) is 1. The standard InChI is InChI=1S/C14H17BrClNO3S/c1-9-3-2-4-12(5-9)17-14(18)10-6-11(15)8-13(7-10)21(16,19)20/h6-9,12H,2-5H2,1H3,(H,17,18). The summed E-state index contributed by atoms with van der Waals surface area (Å²) in [6.07, 6.45) is 4.22. The molecule has 4 nitrogen and oxygen atoms in total. The van der Waals surface area contributed by atoms with Crippen LogP contribution in [0.5, 0.6) is 0 Å². The number of carbonyl (C=O) groups is 1. The zero-order chi connectivity index (χ0) is 15.6. The first kappa shape index (κ1) is 16.8. The molecule has 1 fully saturated rings. The van der Waals surface area contributed by atoms with Gasteiger partial charge in [-0.1, -0.05) is 35.7 Å². The predicted octanol–water partition coefficient (Wildman–Crippen LogP) is 3.69. The van der Waals surface area contributed by atoms with Crippen molar-refractivity contribution >= 4 is 41.6 Å². The maximum Gasteiger partial charge on any atom is 0.261 e. The Bertz CT molecular complexity index is 648. The lowest BCUT2D eigenvalue weighted by Gasteiger charge is -2.27. The summed E-state index contributed by atoms with van der Waals surface area (Å²) in [4.78, 5) is 12.2. The van der Waals surface area contributed by atoms with Crippen molar-refractivity contribution in [1.29, 1.82) is 0 Å². The average Bonchev–Trinajstić information content (AvgIpc) is 2.37. The van der Waals surface area contributed by atoms with Crippen molar-refractivity contribution in [3.8, 4) is 0 Å². The summed E-state index contributed by atoms with van der Waals surface area (Å²) in [5.74, 6) is 0.335. The topological polar surface area (TPSA) is 63.2 Å². The first-order chi connectivity index (χ1) is 9.75. The Labute approximate surface area is 137 Å². The van der Waals surface area contributed by atoms with Gasteiger partial charge in [-0.3, -0.25) is 4.79 Å². The molecule has 0 radical (unpaired) electrons. The minimum atomic E-state index is -3.86. The highest BCUT2D eigenvalue weighted by atomic mass is 79.9. The number of benzene rings is 1. The lowest BCUT2D eigenvalue weighted by atomic mass is 9.87. The molecule has 0 bridgehead atoms. The summed E-state index contributed by atoms with van der Waals surface area (Å²) < 4.78 is 23.3. The molecular formula is C14H17BrClNO3S. The first-order valence-electron chi connectivity index (χ1n) is 6.82. The lowest BCUT2D eigenvalue weighted by Crippen LogP contribution is -2.38. The Balaban J connectivity index is 2.17. The molecule has 0 saturated heterocycles. The second-order valence-corrected chi connectivity index (χ2v) is 9.04. The average molecular weight is 395 g/mol. The predicted molar refractivity (Wildman–Crippen MR) is 86.1 cm³/mol. The number of halogens is 2. The van der Waals surface area contributed by atoms with Crippen LogP contribution in [-0.4, -0.2) is 20.4 Å². The van der Waals surface area contributed by atoms with Crippen LogP contribution in [0.25, 0.3) is 0 Å². The SMILES string of the molecule is CC1CCCC(NC(=O)c2cc(Br)cc(S(=O)(=O)Cl)c2)C1. The second kappa shape index (κ2) is 6.67. The highest BCUT2D eigenvalue weighted by molar-refractivity contribution is 9.10. The summed E-state index contributed by atoms with van der Waals surface area (Å²) in [5, 5.41) is 2.97. The third-order valence-corrected chi connectivity index (χ3v) is 5.48. The maximum absolute atomic E-state index is 12.3. The molecule has 1 saturated carbocycles. The van der Waals surface area contributed by atoms with Gasteiger partial charge in [-0.15, -0.1) is 0 Å². The lowest BCUT2D eigenvalue weighted by molar-refractivity contribution is 0.0921. The Kier molecular flexibility index (Phi) is 5.33. The van der Waals surface area contributed by atoms with Gasteiger partial charge in [0.1, 0.15) is 0 Å². The van der Waals surface area contributed by atoms with Gasteiger partial charge in [0.25, 0.3) is 15.0 Å². The van der Waals surface area contributed by atoms with Crippen molar-refractivity contribution in [3.05, 3.63) is 28.2 Å². The molecule has 2 atom stereocenters. The number of rotatable bonds is 3. The van der Waals surface area contributed by atoms with Crippen molar-refractivity contribution in [1.82, 2.24) is 5.32 Å². The van der Waals surface area contributed by atoms with Crippen LogP contribution < -0.4 is 5.32 Å². The van der Waals surface area contributed by atoms with E-state index < -0.39 is 9.05 Å². The minimum Gasteiger partial charge on any atom is -0.349 e. The Hall–Kier alpha value is -0.590. The van der Waals surface area contributed by atoms with E-state index in [1.54, 1.807) is 6.07 Å². The molecule has 1 amide bonds. The van der Waals surface area contributed by atoms with Crippen molar-refractivity contribution in [2.24, 2.45) is 5.92 Å². The first-order valence-corrected chi connectivity index (χ1v) is 9.92. The van der Waals surface area contributed by atoms with Crippen molar-refractivity contribution < 1.29 is 13.2 Å².